The van der Waals surface area contributed by atoms with E-state index in [-0.39, 0.29) is 37.9 Å². The van der Waals surface area contributed by atoms with Gasteiger partial charge < -0.3 is 25.1 Å². The maximum absolute atomic E-state index is 13.6. The topological polar surface area (TPSA) is 151 Å². The molecule has 0 saturated carbocycles. The lowest BCUT2D eigenvalue weighted by atomic mass is 10.1. The van der Waals surface area contributed by atoms with E-state index in [1.807, 2.05) is 24.3 Å². The van der Waals surface area contributed by atoms with Crippen molar-refractivity contribution in [3.05, 3.63) is 78.3 Å². The summed E-state index contributed by atoms with van der Waals surface area (Å²) in [5.41, 5.74) is 3.36. The van der Waals surface area contributed by atoms with Gasteiger partial charge >= 0.3 is 0 Å². The molecule has 0 bridgehead atoms. The Morgan fingerprint density at radius 2 is 1.90 bits per heavy atom. The minimum Gasteiger partial charge on any atom is -0.351 e. The number of hydrogen-bond acceptors (Lipinski definition) is 9. The van der Waals surface area contributed by atoms with Gasteiger partial charge in [-0.15, -0.1) is 0 Å². The van der Waals surface area contributed by atoms with E-state index in [1.54, 1.807) is 30.6 Å². The van der Waals surface area contributed by atoms with Gasteiger partial charge in [-0.2, -0.15) is 5.26 Å². The molecule has 0 atom stereocenters. The van der Waals surface area contributed by atoms with Gasteiger partial charge in [0.1, 0.15) is 18.2 Å². The minimum atomic E-state index is -0.619. The number of halogens is 1. The summed E-state index contributed by atoms with van der Waals surface area (Å²) in [7, 11) is 0. The number of pyridine rings is 1. The number of benzene rings is 1. The Labute approximate surface area is 223 Å². The molecule has 5 rings (SSSR count). The van der Waals surface area contributed by atoms with Crippen molar-refractivity contribution in [3.63, 3.8) is 0 Å². The second-order valence-corrected chi connectivity index (χ2v) is 8.73. The lowest BCUT2D eigenvalue weighted by Gasteiger charge is -2.28. The number of aromatic amines is 1. The van der Waals surface area contributed by atoms with Crippen LogP contribution in [0.1, 0.15) is 11.5 Å². The van der Waals surface area contributed by atoms with Crippen molar-refractivity contribution in [3.8, 4) is 28.7 Å². The van der Waals surface area contributed by atoms with Crippen LogP contribution in [0, 0.1) is 23.1 Å². The van der Waals surface area contributed by atoms with Crippen molar-refractivity contribution in [2.75, 3.05) is 25.1 Å². The molecular weight excluding hydrogens is 503 g/mol. The number of nitriles is 1. The van der Waals surface area contributed by atoms with E-state index in [0.29, 0.717) is 41.0 Å². The van der Waals surface area contributed by atoms with Crippen molar-refractivity contribution >= 4 is 11.9 Å². The van der Waals surface area contributed by atoms with Crippen LogP contribution in [0.5, 0.6) is 0 Å². The Morgan fingerprint density at radius 3 is 2.64 bits per heavy atom. The van der Waals surface area contributed by atoms with E-state index in [4.69, 9.17) is 19.7 Å². The van der Waals surface area contributed by atoms with E-state index in [1.165, 1.54) is 12.1 Å². The monoisotopic (exact) mass is 528 g/mol. The molecule has 1 aromatic carbocycles. The minimum absolute atomic E-state index is 0.0660. The molecule has 0 spiro atoms. The van der Waals surface area contributed by atoms with Gasteiger partial charge in [-0.05, 0) is 42.5 Å². The highest BCUT2D eigenvalue weighted by Gasteiger charge is 2.28. The number of nitrogens with zero attached hydrogens (tertiary/aromatic N) is 5. The number of H-pyrrole nitrogens is 1. The molecule has 4 heterocycles. The lowest BCUT2D eigenvalue weighted by Crippen LogP contribution is -2.42. The quantitative estimate of drug-likeness (QED) is 0.279. The second-order valence-electron chi connectivity index (χ2n) is 8.73. The largest absolute Gasteiger partial charge is 0.351 e. The second kappa shape index (κ2) is 12.2. The van der Waals surface area contributed by atoms with Crippen molar-refractivity contribution < 1.29 is 18.7 Å². The van der Waals surface area contributed by atoms with E-state index >= 15 is 0 Å². The molecule has 1 aliphatic rings. The summed E-state index contributed by atoms with van der Waals surface area (Å²) in [5.74, 6) is -0.140. The van der Waals surface area contributed by atoms with Crippen molar-refractivity contribution in [1.82, 2.24) is 30.2 Å². The number of imidazole rings is 1. The highest BCUT2D eigenvalue weighted by Crippen LogP contribution is 2.30. The van der Waals surface area contributed by atoms with Crippen LogP contribution < -0.4 is 10.6 Å². The Hall–Kier alpha value is -4.73. The summed E-state index contributed by atoms with van der Waals surface area (Å²) in [6, 6.07) is 15.3. The van der Waals surface area contributed by atoms with Gasteiger partial charge in [0.05, 0.1) is 60.9 Å². The Bertz CT molecular complexity index is 1450. The third kappa shape index (κ3) is 6.59. The van der Waals surface area contributed by atoms with Crippen molar-refractivity contribution in [2.24, 2.45) is 5.92 Å². The molecule has 3 aromatic heterocycles. The lowest BCUT2D eigenvalue weighted by molar-refractivity contribution is -0.200. The maximum Gasteiger partial charge on any atom is 0.228 e. The standard InChI is InChI=1S/C27H25FN8O3/c28-19-6-4-17(5-7-19)24-25(21-8-11-32-27(34-21)33-14-20-3-1-2-10-30-20)36-22(35-24)13-23-38-15-18(16-39-23)26(37)31-12-9-29/h1-8,10-11,18,23H,12-16H2,(H,31,37)(H,35,36)(H,32,33,34). The van der Waals surface area contributed by atoms with Crippen LogP contribution in [-0.2, 0) is 27.2 Å². The molecule has 0 unspecified atom stereocenters. The van der Waals surface area contributed by atoms with Crippen molar-refractivity contribution in [2.45, 2.75) is 19.3 Å². The van der Waals surface area contributed by atoms with Gasteiger partial charge in [0.2, 0.25) is 11.9 Å². The van der Waals surface area contributed by atoms with Crippen molar-refractivity contribution in [1.29, 1.82) is 5.26 Å². The Morgan fingerprint density at radius 1 is 1.08 bits per heavy atom. The molecule has 1 saturated heterocycles. The first-order valence-corrected chi connectivity index (χ1v) is 12.3. The fourth-order valence-corrected chi connectivity index (χ4v) is 4.02. The zero-order valence-corrected chi connectivity index (χ0v) is 20.8. The summed E-state index contributed by atoms with van der Waals surface area (Å²) in [4.78, 5) is 33.4. The van der Waals surface area contributed by atoms with Crippen LogP contribution in [-0.4, -0.2) is 56.9 Å². The SMILES string of the molecule is N#CCNC(=O)C1COC(Cc2nc(-c3ccc(F)cc3)c(-c3ccnc(NCc4ccccn4)n3)[nH]2)OC1. The third-order valence-corrected chi connectivity index (χ3v) is 5.98. The fraction of sp³-hybridized carbons (Fsp3) is 0.259. The average Bonchev–Trinajstić information content (AvgIpc) is 3.40. The predicted octanol–water partition coefficient (Wildman–Crippen LogP) is 2.85. The maximum atomic E-state index is 13.6. The molecule has 0 radical (unpaired) electrons. The van der Waals surface area contributed by atoms with E-state index in [2.05, 4.69) is 30.6 Å². The first kappa shape index (κ1) is 25.9. The molecule has 4 aromatic rings. The zero-order chi connectivity index (χ0) is 27.0. The highest BCUT2D eigenvalue weighted by molar-refractivity contribution is 5.79. The highest BCUT2D eigenvalue weighted by atomic mass is 19.1. The van der Waals surface area contributed by atoms with Crippen LogP contribution in [0.25, 0.3) is 22.6 Å². The van der Waals surface area contributed by atoms with Gasteiger partial charge in [0.15, 0.2) is 6.29 Å². The zero-order valence-electron chi connectivity index (χ0n) is 20.8. The summed E-state index contributed by atoms with van der Waals surface area (Å²) < 4.78 is 25.1. The predicted molar refractivity (Wildman–Crippen MR) is 138 cm³/mol. The fourth-order valence-electron chi connectivity index (χ4n) is 4.02. The summed E-state index contributed by atoms with van der Waals surface area (Å²) in [5, 5.41) is 14.3. The summed E-state index contributed by atoms with van der Waals surface area (Å²) in [6.45, 7) is 0.716. The van der Waals surface area contributed by atoms with E-state index in [0.717, 1.165) is 5.69 Å². The number of amides is 1. The van der Waals surface area contributed by atoms with Crippen LogP contribution >= 0.6 is 0 Å². The van der Waals surface area contributed by atoms with Gasteiger partial charge in [0.25, 0.3) is 0 Å². The number of carbonyl (C=O) groups is 1. The molecule has 39 heavy (non-hydrogen) atoms. The van der Waals surface area contributed by atoms with E-state index in [9.17, 15) is 9.18 Å². The summed E-state index contributed by atoms with van der Waals surface area (Å²) in [6.07, 6.45) is 3.03. The smallest absolute Gasteiger partial charge is 0.228 e. The van der Waals surface area contributed by atoms with Gasteiger partial charge in [0, 0.05) is 18.0 Å². The van der Waals surface area contributed by atoms with E-state index < -0.39 is 12.2 Å². The molecule has 3 N–H and O–H groups in total. The molecule has 1 fully saturated rings. The molecule has 1 aliphatic heterocycles. The summed E-state index contributed by atoms with van der Waals surface area (Å²) >= 11 is 0. The van der Waals surface area contributed by atoms with Crippen LogP contribution in [0.2, 0.25) is 0 Å². The molecule has 12 heteroatoms. The molecule has 198 valence electrons. The Kier molecular flexibility index (Phi) is 8.11. The normalized spacial score (nSPS) is 16.8. The molecule has 11 nitrogen and oxygen atoms in total. The molecule has 0 aliphatic carbocycles. The van der Waals surface area contributed by atoms with Crippen LogP contribution in [0.3, 0.4) is 0 Å². The van der Waals surface area contributed by atoms with Crippen LogP contribution in [0.15, 0.2) is 60.9 Å². The van der Waals surface area contributed by atoms with Gasteiger partial charge in [-0.3, -0.25) is 9.78 Å². The number of anilines is 1. The molecule has 1 amide bonds. The number of aromatic nitrogens is 5. The first-order valence-electron chi connectivity index (χ1n) is 12.3. The Balaban J connectivity index is 1.34. The average molecular weight is 529 g/mol. The number of ether oxygens (including phenoxy) is 2. The van der Waals surface area contributed by atoms with Gasteiger partial charge in [-0.25, -0.2) is 19.3 Å². The first-order chi connectivity index (χ1) is 19.1. The number of hydrogen-bond donors (Lipinski definition) is 3. The van der Waals surface area contributed by atoms with Gasteiger partial charge in [-0.1, -0.05) is 6.07 Å². The van der Waals surface area contributed by atoms with Crippen LogP contribution in [0.4, 0.5) is 10.3 Å². The number of nitrogens with one attached hydrogen (secondary N) is 3. The molecular formula is C27H25FN8O3. The number of carbonyl (C=O) groups excluding carboxylic acids is 1. The third-order valence-electron chi connectivity index (χ3n) is 5.98. The number of rotatable bonds is 9.